The van der Waals surface area contributed by atoms with Crippen LogP contribution >= 0.6 is 0 Å². The summed E-state index contributed by atoms with van der Waals surface area (Å²) < 4.78 is 0. The lowest BCUT2D eigenvalue weighted by atomic mass is 9.84. The molecule has 0 spiro atoms. The Balaban J connectivity index is 2.34. The monoisotopic (exact) mass is 307 g/mol. The van der Waals surface area contributed by atoms with Crippen molar-refractivity contribution < 1.29 is 0 Å². The van der Waals surface area contributed by atoms with E-state index in [2.05, 4.69) is 58.7 Å². The fourth-order valence-electron chi connectivity index (χ4n) is 4.46. The summed E-state index contributed by atoms with van der Waals surface area (Å²) in [4.78, 5) is 2.56. The van der Waals surface area contributed by atoms with Crippen LogP contribution in [0, 0.1) is 23.7 Å². The van der Waals surface area contributed by atoms with Crippen LogP contribution in [-0.2, 0) is 0 Å². The van der Waals surface area contributed by atoms with Crippen molar-refractivity contribution in [2.75, 3.05) is 13.6 Å². The molecule has 0 aliphatic heterocycles. The van der Waals surface area contributed by atoms with E-state index in [9.17, 15) is 0 Å². The summed E-state index contributed by atoms with van der Waals surface area (Å²) in [5.41, 5.74) is 0. The van der Waals surface area contributed by atoms with Crippen molar-refractivity contribution in [3.05, 3.63) is 12.2 Å². The molecule has 0 amide bonds. The summed E-state index contributed by atoms with van der Waals surface area (Å²) in [6.07, 6.45) is 14.4. The normalized spacial score (nSPS) is 26.7. The molecule has 1 aliphatic carbocycles. The van der Waals surface area contributed by atoms with Gasteiger partial charge >= 0.3 is 0 Å². The third-order valence-corrected chi connectivity index (χ3v) is 5.73. The Labute approximate surface area is 140 Å². The minimum absolute atomic E-state index is 0.618. The molecule has 0 aromatic heterocycles. The van der Waals surface area contributed by atoms with Crippen molar-refractivity contribution in [3.8, 4) is 0 Å². The molecule has 0 aromatic rings. The molecule has 5 unspecified atom stereocenters. The lowest BCUT2D eigenvalue weighted by molar-refractivity contribution is 0.211. The zero-order chi connectivity index (χ0) is 16.5. The van der Waals surface area contributed by atoms with E-state index >= 15 is 0 Å². The molecule has 22 heavy (non-hydrogen) atoms. The lowest BCUT2D eigenvalue weighted by Crippen LogP contribution is -2.33. The predicted octanol–water partition coefficient (Wildman–Crippen LogP) is 6.15. The Kier molecular flexibility index (Phi) is 9.40. The highest BCUT2D eigenvalue weighted by Crippen LogP contribution is 2.36. The molecule has 0 bridgehead atoms. The van der Waals surface area contributed by atoms with Gasteiger partial charge in [0.25, 0.3) is 0 Å². The Hall–Kier alpha value is -0.300. The SMILES string of the molecule is CCC=CC(CC)N(C)CC(C)CC(C)CC1CCCC1C. The third kappa shape index (κ3) is 6.86. The number of hydrogen-bond donors (Lipinski definition) is 0. The van der Waals surface area contributed by atoms with Crippen molar-refractivity contribution in [3.63, 3.8) is 0 Å². The minimum Gasteiger partial charge on any atom is -0.300 e. The molecule has 130 valence electrons. The first kappa shape index (κ1) is 19.7. The fourth-order valence-corrected chi connectivity index (χ4v) is 4.46. The number of nitrogens with zero attached hydrogens (tertiary/aromatic N) is 1. The number of hydrogen-bond acceptors (Lipinski definition) is 1. The smallest absolute Gasteiger partial charge is 0.0272 e. The summed E-state index contributed by atoms with van der Waals surface area (Å²) in [5.74, 6) is 3.68. The van der Waals surface area contributed by atoms with E-state index in [0.29, 0.717) is 6.04 Å². The minimum atomic E-state index is 0.618. The van der Waals surface area contributed by atoms with Crippen LogP contribution in [0.25, 0.3) is 0 Å². The summed E-state index contributed by atoms with van der Waals surface area (Å²) >= 11 is 0. The standard InChI is InChI=1S/C21H41N/c1-7-9-13-21(8-2)22(6)16-18(4)14-17(3)15-20-12-10-11-19(20)5/h9,13,17-21H,7-8,10-12,14-16H2,1-6H3. The van der Waals surface area contributed by atoms with Crippen LogP contribution in [0.15, 0.2) is 12.2 Å². The summed E-state index contributed by atoms with van der Waals surface area (Å²) in [7, 11) is 2.30. The highest BCUT2D eigenvalue weighted by molar-refractivity contribution is 4.92. The zero-order valence-electron chi connectivity index (χ0n) is 16.1. The van der Waals surface area contributed by atoms with Gasteiger partial charge in [-0.3, -0.25) is 4.90 Å². The summed E-state index contributed by atoms with van der Waals surface area (Å²) in [6, 6.07) is 0.618. The maximum Gasteiger partial charge on any atom is 0.0272 e. The van der Waals surface area contributed by atoms with E-state index in [0.717, 1.165) is 30.1 Å². The quantitative estimate of drug-likeness (QED) is 0.437. The van der Waals surface area contributed by atoms with Gasteiger partial charge in [0.15, 0.2) is 0 Å². The van der Waals surface area contributed by atoms with Crippen molar-refractivity contribution in [1.29, 1.82) is 0 Å². The summed E-state index contributed by atoms with van der Waals surface area (Å²) in [5, 5.41) is 0. The van der Waals surface area contributed by atoms with Crippen molar-refractivity contribution in [1.82, 2.24) is 4.90 Å². The molecular formula is C21H41N. The molecule has 0 radical (unpaired) electrons. The van der Waals surface area contributed by atoms with Crippen LogP contribution in [0.5, 0.6) is 0 Å². The first-order chi connectivity index (χ1) is 10.5. The zero-order valence-corrected chi connectivity index (χ0v) is 16.1. The summed E-state index contributed by atoms with van der Waals surface area (Å²) in [6.45, 7) is 13.1. The number of rotatable bonds is 10. The second kappa shape index (κ2) is 10.5. The molecule has 1 nitrogen and oxygen atoms in total. The van der Waals surface area contributed by atoms with Crippen molar-refractivity contribution >= 4 is 0 Å². The molecule has 0 saturated heterocycles. The van der Waals surface area contributed by atoms with E-state index in [-0.39, 0.29) is 0 Å². The Morgan fingerprint density at radius 3 is 2.41 bits per heavy atom. The van der Waals surface area contributed by atoms with Gasteiger partial charge in [0.2, 0.25) is 0 Å². The maximum absolute atomic E-state index is 2.56. The Bertz CT molecular complexity index is 309. The predicted molar refractivity (Wildman–Crippen MR) is 100 cm³/mol. The van der Waals surface area contributed by atoms with E-state index in [1.165, 1.54) is 45.1 Å². The van der Waals surface area contributed by atoms with Crippen molar-refractivity contribution in [2.45, 2.75) is 85.6 Å². The van der Waals surface area contributed by atoms with Crippen LogP contribution in [0.2, 0.25) is 0 Å². The highest BCUT2D eigenvalue weighted by Gasteiger charge is 2.25. The molecule has 0 aromatic carbocycles. The second-order valence-electron chi connectivity index (χ2n) is 8.10. The third-order valence-electron chi connectivity index (χ3n) is 5.73. The van der Waals surface area contributed by atoms with Crippen LogP contribution < -0.4 is 0 Å². The van der Waals surface area contributed by atoms with Crippen LogP contribution in [0.4, 0.5) is 0 Å². The Morgan fingerprint density at radius 1 is 1.14 bits per heavy atom. The van der Waals surface area contributed by atoms with E-state index < -0.39 is 0 Å². The molecule has 0 N–H and O–H groups in total. The number of allylic oxidation sites excluding steroid dienone is 1. The first-order valence-corrected chi connectivity index (χ1v) is 9.84. The van der Waals surface area contributed by atoms with Gasteiger partial charge in [-0.05, 0) is 56.4 Å². The van der Waals surface area contributed by atoms with Crippen LogP contribution in [-0.4, -0.2) is 24.5 Å². The average molecular weight is 308 g/mol. The van der Waals surface area contributed by atoms with E-state index in [1.807, 2.05) is 0 Å². The largest absolute Gasteiger partial charge is 0.300 e. The van der Waals surface area contributed by atoms with Gasteiger partial charge < -0.3 is 0 Å². The van der Waals surface area contributed by atoms with Gasteiger partial charge in [0, 0.05) is 12.6 Å². The molecule has 1 heteroatoms. The van der Waals surface area contributed by atoms with Gasteiger partial charge in [0.05, 0.1) is 0 Å². The molecule has 1 saturated carbocycles. The molecule has 1 fully saturated rings. The van der Waals surface area contributed by atoms with Gasteiger partial charge in [-0.2, -0.15) is 0 Å². The van der Waals surface area contributed by atoms with Gasteiger partial charge in [-0.15, -0.1) is 0 Å². The highest BCUT2D eigenvalue weighted by atomic mass is 15.1. The van der Waals surface area contributed by atoms with E-state index in [4.69, 9.17) is 0 Å². The molecular weight excluding hydrogens is 266 g/mol. The molecule has 5 atom stereocenters. The van der Waals surface area contributed by atoms with Gasteiger partial charge in [-0.25, -0.2) is 0 Å². The number of likely N-dealkylation sites (N-methyl/N-ethyl adjacent to an activating group) is 1. The molecule has 0 heterocycles. The van der Waals surface area contributed by atoms with Crippen LogP contribution in [0.1, 0.15) is 79.6 Å². The first-order valence-electron chi connectivity index (χ1n) is 9.84. The second-order valence-corrected chi connectivity index (χ2v) is 8.10. The van der Waals surface area contributed by atoms with Crippen LogP contribution in [0.3, 0.4) is 0 Å². The topological polar surface area (TPSA) is 3.24 Å². The Morgan fingerprint density at radius 2 is 1.86 bits per heavy atom. The lowest BCUT2D eigenvalue weighted by Gasteiger charge is -2.29. The molecule has 1 rings (SSSR count). The van der Waals surface area contributed by atoms with E-state index in [1.54, 1.807) is 0 Å². The fraction of sp³-hybridized carbons (Fsp3) is 0.905. The molecule has 1 aliphatic rings. The maximum atomic E-state index is 2.56. The van der Waals surface area contributed by atoms with Gasteiger partial charge in [-0.1, -0.05) is 66.0 Å². The van der Waals surface area contributed by atoms with Crippen molar-refractivity contribution in [2.24, 2.45) is 23.7 Å². The average Bonchev–Trinajstić information content (AvgIpc) is 2.84. The van der Waals surface area contributed by atoms with Gasteiger partial charge in [0.1, 0.15) is 0 Å².